The van der Waals surface area contributed by atoms with E-state index in [-0.39, 0.29) is 17.0 Å². The van der Waals surface area contributed by atoms with Crippen LogP contribution in [0.4, 0.5) is 11.4 Å². The predicted molar refractivity (Wildman–Crippen MR) is 101 cm³/mol. The van der Waals surface area contributed by atoms with Gasteiger partial charge in [-0.05, 0) is 18.2 Å². The number of rotatable bonds is 0. The molecule has 27 heavy (non-hydrogen) atoms. The van der Waals surface area contributed by atoms with Crippen LogP contribution in [0.2, 0.25) is 0 Å². The number of hydrogen-bond acceptors (Lipinski definition) is 6. The molecule has 1 amide bonds. The van der Waals surface area contributed by atoms with Gasteiger partial charge in [-0.1, -0.05) is 42.1 Å². The molecule has 3 aliphatic heterocycles. The van der Waals surface area contributed by atoms with Crippen LogP contribution < -0.4 is 16.0 Å². The summed E-state index contributed by atoms with van der Waals surface area (Å²) < 4.78 is 0. The van der Waals surface area contributed by atoms with E-state index in [4.69, 9.17) is 5.73 Å². The van der Waals surface area contributed by atoms with E-state index in [9.17, 15) is 15.3 Å². The average molecular weight is 369 g/mol. The van der Waals surface area contributed by atoms with E-state index < -0.39 is 11.3 Å². The van der Waals surface area contributed by atoms with Gasteiger partial charge in [-0.2, -0.15) is 10.5 Å². The third-order valence-corrected chi connectivity index (χ3v) is 6.27. The minimum atomic E-state index is -1.52. The first-order valence-electron chi connectivity index (χ1n) is 8.17. The number of thioether (sulfide) groups is 1. The number of nitrogens with zero attached hydrogens (tertiary/aromatic N) is 3. The molecule has 3 aliphatic rings. The molecule has 5 rings (SSSR count). The minimum absolute atomic E-state index is 0.0718. The summed E-state index contributed by atoms with van der Waals surface area (Å²) in [7, 11) is 0. The molecule has 0 radical (unpaired) electrons. The topological polar surface area (TPSA) is 106 Å². The summed E-state index contributed by atoms with van der Waals surface area (Å²) in [4.78, 5) is 15.8. The number of nitrogens with one attached hydrogen (secondary N) is 1. The third-order valence-electron chi connectivity index (χ3n) is 5.12. The molecule has 3 heterocycles. The van der Waals surface area contributed by atoms with Gasteiger partial charge in [0.1, 0.15) is 16.9 Å². The molecule has 0 saturated carbocycles. The molecule has 1 atom stereocenters. The summed E-state index contributed by atoms with van der Waals surface area (Å²) in [6.45, 7) is 0. The molecule has 128 valence electrons. The fourth-order valence-corrected chi connectivity index (χ4v) is 5.21. The second-order valence-electron chi connectivity index (χ2n) is 6.32. The van der Waals surface area contributed by atoms with Gasteiger partial charge in [0.2, 0.25) is 5.91 Å². The third kappa shape index (κ3) is 1.67. The summed E-state index contributed by atoms with van der Waals surface area (Å²) >= 11 is 1.39. The normalized spacial score (nSPS) is 22.1. The molecule has 1 spiro atoms. The number of benzene rings is 2. The number of hydrogen-bond donors (Lipinski definition) is 2. The van der Waals surface area contributed by atoms with Gasteiger partial charge in [-0.15, -0.1) is 0 Å². The van der Waals surface area contributed by atoms with Crippen LogP contribution in [-0.4, -0.2) is 5.91 Å². The van der Waals surface area contributed by atoms with Gasteiger partial charge < -0.3 is 11.1 Å². The van der Waals surface area contributed by atoms with Crippen LogP contribution in [-0.2, 0) is 10.2 Å². The molecule has 6 nitrogen and oxygen atoms in total. The van der Waals surface area contributed by atoms with Crippen molar-refractivity contribution in [1.29, 1.82) is 10.5 Å². The quantitative estimate of drug-likeness (QED) is 0.739. The summed E-state index contributed by atoms with van der Waals surface area (Å²) in [6, 6.07) is 19.0. The van der Waals surface area contributed by atoms with E-state index in [0.29, 0.717) is 16.3 Å². The standard InChI is InChI=1S/C20H11N5OS/c21-9-12-17(23)25-15-7-3-4-8-16(15)27-18(25)13(10-22)20(12)11-5-1-2-6-14(11)24-19(20)26/h1-8H,23H2,(H,24,26)/t20-/m1/s1. The second kappa shape index (κ2) is 5.16. The van der Waals surface area contributed by atoms with E-state index in [1.54, 1.807) is 29.2 Å². The molecule has 2 aromatic carbocycles. The maximum atomic E-state index is 13.2. The lowest BCUT2D eigenvalue weighted by molar-refractivity contribution is -0.118. The maximum absolute atomic E-state index is 13.2. The SMILES string of the molecule is N#CC1=C(N)N2C(=C(C#N)[C@]13C(=O)Nc1ccccc13)Sc1ccccc12. The van der Waals surface area contributed by atoms with Crippen LogP contribution in [0.25, 0.3) is 0 Å². The highest BCUT2D eigenvalue weighted by atomic mass is 32.2. The molecule has 3 N–H and O–H groups in total. The molecule has 2 aromatic rings. The van der Waals surface area contributed by atoms with Crippen LogP contribution in [0.1, 0.15) is 5.56 Å². The van der Waals surface area contributed by atoms with Gasteiger partial charge in [-0.3, -0.25) is 9.69 Å². The molecule has 0 aromatic heterocycles. The van der Waals surface area contributed by atoms with Crippen LogP contribution >= 0.6 is 11.8 Å². The average Bonchev–Trinajstić information content (AvgIpc) is 3.20. The Balaban J connectivity index is 1.91. The van der Waals surface area contributed by atoms with Crippen molar-refractivity contribution in [2.24, 2.45) is 5.73 Å². The second-order valence-corrected chi connectivity index (χ2v) is 7.35. The van der Waals surface area contributed by atoms with Crippen LogP contribution in [0.3, 0.4) is 0 Å². The zero-order valence-corrected chi connectivity index (χ0v) is 14.7. The van der Waals surface area contributed by atoms with Crippen LogP contribution in [0.15, 0.2) is 75.4 Å². The number of fused-ring (bicyclic) bond motifs is 5. The van der Waals surface area contributed by atoms with Gasteiger partial charge in [0.25, 0.3) is 0 Å². The van der Waals surface area contributed by atoms with Gasteiger partial charge in [0.15, 0.2) is 5.41 Å². The zero-order valence-electron chi connectivity index (χ0n) is 13.9. The van der Waals surface area contributed by atoms with Crippen LogP contribution in [0, 0.1) is 22.7 Å². The van der Waals surface area contributed by atoms with E-state index >= 15 is 0 Å². The van der Waals surface area contributed by atoms with E-state index in [1.165, 1.54) is 11.8 Å². The fraction of sp³-hybridized carbons (Fsp3) is 0.0500. The molecular weight excluding hydrogens is 358 g/mol. The minimum Gasteiger partial charge on any atom is -0.384 e. The highest BCUT2D eigenvalue weighted by molar-refractivity contribution is 8.03. The van der Waals surface area contributed by atoms with E-state index in [2.05, 4.69) is 17.5 Å². The summed E-state index contributed by atoms with van der Waals surface area (Å²) in [5.41, 5.74) is 7.16. The van der Waals surface area contributed by atoms with E-state index in [1.807, 2.05) is 24.3 Å². The summed E-state index contributed by atoms with van der Waals surface area (Å²) in [6.07, 6.45) is 0. The molecule has 0 saturated heterocycles. The molecule has 0 aliphatic carbocycles. The van der Waals surface area contributed by atoms with Gasteiger partial charge in [0.05, 0.1) is 22.9 Å². The highest BCUT2D eigenvalue weighted by Gasteiger charge is 2.59. The summed E-state index contributed by atoms with van der Waals surface area (Å²) in [5, 5.41) is 23.4. The van der Waals surface area contributed by atoms with Crippen molar-refractivity contribution in [2.75, 3.05) is 10.2 Å². The van der Waals surface area contributed by atoms with Crippen molar-refractivity contribution < 1.29 is 4.79 Å². The molecular formula is C20H11N5OS. The van der Waals surface area contributed by atoms with E-state index in [0.717, 1.165) is 10.6 Å². The number of para-hydroxylation sites is 2. The molecule has 7 heteroatoms. The first-order valence-corrected chi connectivity index (χ1v) is 8.99. The Hall–Kier alpha value is -3.68. The van der Waals surface area contributed by atoms with Crippen molar-refractivity contribution in [3.8, 4) is 12.1 Å². The van der Waals surface area contributed by atoms with Gasteiger partial charge >= 0.3 is 0 Å². The van der Waals surface area contributed by atoms with Crippen molar-refractivity contribution >= 4 is 29.0 Å². The Labute approximate surface area is 159 Å². The maximum Gasteiger partial charge on any atom is 0.245 e. The number of anilines is 2. The number of nitriles is 2. The molecule has 0 fully saturated rings. The Morgan fingerprint density at radius 1 is 1.04 bits per heavy atom. The highest BCUT2D eigenvalue weighted by Crippen LogP contribution is 2.58. The fourth-order valence-electron chi connectivity index (χ4n) is 4.01. The Morgan fingerprint density at radius 2 is 1.74 bits per heavy atom. The number of carbonyl (C=O) groups is 1. The number of carbonyl (C=O) groups excluding carboxylic acids is 1. The molecule has 0 unspecified atom stereocenters. The molecule has 0 bridgehead atoms. The van der Waals surface area contributed by atoms with Crippen molar-refractivity contribution in [2.45, 2.75) is 10.3 Å². The Morgan fingerprint density at radius 3 is 2.52 bits per heavy atom. The smallest absolute Gasteiger partial charge is 0.245 e. The predicted octanol–water partition coefficient (Wildman–Crippen LogP) is 2.93. The monoisotopic (exact) mass is 369 g/mol. The lowest BCUT2D eigenvalue weighted by atomic mass is 9.68. The lowest BCUT2D eigenvalue weighted by Crippen LogP contribution is -2.46. The lowest BCUT2D eigenvalue weighted by Gasteiger charge is -2.36. The number of amides is 1. The Kier molecular flexibility index (Phi) is 2.98. The number of nitrogens with two attached hydrogens (primary N) is 1. The van der Waals surface area contributed by atoms with Gasteiger partial charge in [-0.25, -0.2) is 0 Å². The van der Waals surface area contributed by atoms with Gasteiger partial charge in [0, 0.05) is 16.1 Å². The van der Waals surface area contributed by atoms with Crippen LogP contribution in [0.5, 0.6) is 0 Å². The van der Waals surface area contributed by atoms with Crippen molar-refractivity contribution in [3.05, 3.63) is 76.1 Å². The summed E-state index contributed by atoms with van der Waals surface area (Å²) in [5.74, 6) is -0.251. The van der Waals surface area contributed by atoms with Crippen molar-refractivity contribution in [1.82, 2.24) is 0 Å². The Bertz CT molecular complexity index is 1200. The van der Waals surface area contributed by atoms with Crippen molar-refractivity contribution in [3.63, 3.8) is 0 Å². The zero-order chi connectivity index (χ0) is 18.8. The first-order chi connectivity index (χ1) is 13.1. The largest absolute Gasteiger partial charge is 0.384 e. The first kappa shape index (κ1) is 15.6.